The second-order valence-electron chi connectivity index (χ2n) is 7.77. The number of rotatable bonds is 4. The first-order chi connectivity index (χ1) is 17.1. The van der Waals surface area contributed by atoms with Crippen LogP contribution in [0.15, 0.2) is 60.8 Å². The zero-order chi connectivity index (χ0) is 25.6. The van der Waals surface area contributed by atoms with E-state index in [-0.39, 0.29) is 46.2 Å². The number of nitrogens with two attached hydrogens (primary N) is 1. The minimum Gasteiger partial charge on any atom is -0.368 e. The minimum atomic E-state index is -4.73. The molecular formula is C24H14F6N6. The van der Waals surface area contributed by atoms with Crippen LogP contribution in [0.5, 0.6) is 0 Å². The fourth-order valence-corrected chi connectivity index (χ4v) is 3.76. The molecule has 2 aromatic carbocycles. The summed E-state index contributed by atoms with van der Waals surface area (Å²) < 4.78 is 83.3. The van der Waals surface area contributed by atoms with Crippen molar-refractivity contribution >= 4 is 11.6 Å². The van der Waals surface area contributed by atoms with Gasteiger partial charge in [0.15, 0.2) is 11.5 Å². The van der Waals surface area contributed by atoms with Gasteiger partial charge in [-0.25, -0.2) is 23.1 Å². The molecule has 0 radical (unpaired) electrons. The number of aromatic nitrogens is 5. The number of benzene rings is 2. The first-order valence-electron chi connectivity index (χ1n) is 10.4. The Bertz CT molecular complexity index is 1570. The topological polar surface area (TPSA) is 82.0 Å². The summed E-state index contributed by atoms with van der Waals surface area (Å²) in [5.41, 5.74) is 5.19. The van der Waals surface area contributed by atoms with E-state index in [1.54, 1.807) is 0 Å². The number of halogens is 6. The first-order valence-corrected chi connectivity index (χ1v) is 10.4. The molecule has 0 amide bonds. The van der Waals surface area contributed by atoms with Gasteiger partial charge in [-0.3, -0.25) is 4.98 Å². The molecule has 2 N–H and O–H groups in total. The van der Waals surface area contributed by atoms with Gasteiger partial charge in [0.2, 0.25) is 5.95 Å². The van der Waals surface area contributed by atoms with Crippen LogP contribution in [0.25, 0.3) is 28.0 Å². The highest BCUT2D eigenvalue weighted by Crippen LogP contribution is 2.37. The summed E-state index contributed by atoms with van der Waals surface area (Å²) >= 11 is 0. The molecule has 0 unspecified atom stereocenters. The summed E-state index contributed by atoms with van der Waals surface area (Å²) in [5, 5.41) is 4.18. The van der Waals surface area contributed by atoms with E-state index in [1.165, 1.54) is 24.3 Å². The summed E-state index contributed by atoms with van der Waals surface area (Å²) in [7, 11) is 0. The van der Waals surface area contributed by atoms with E-state index in [0.717, 1.165) is 41.0 Å². The fraction of sp³-hybridized carbons (Fsp3) is 0.0833. The van der Waals surface area contributed by atoms with Crippen LogP contribution in [0.4, 0.5) is 32.3 Å². The quantitative estimate of drug-likeness (QED) is 0.332. The second-order valence-corrected chi connectivity index (χ2v) is 7.77. The molecule has 0 bridgehead atoms. The Morgan fingerprint density at radius 1 is 0.861 bits per heavy atom. The maximum atomic E-state index is 14.2. The van der Waals surface area contributed by atoms with Gasteiger partial charge < -0.3 is 5.73 Å². The average Bonchev–Trinajstić information content (AvgIpc) is 3.26. The molecule has 0 spiro atoms. The molecule has 5 aromatic rings. The van der Waals surface area contributed by atoms with Crippen LogP contribution in [-0.4, -0.2) is 24.6 Å². The van der Waals surface area contributed by atoms with E-state index < -0.39 is 29.3 Å². The van der Waals surface area contributed by atoms with Gasteiger partial charge in [0.05, 0.1) is 11.3 Å². The Kier molecular flexibility index (Phi) is 5.58. The Morgan fingerprint density at radius 3 is 2.22 bits per heavy atom. The summed E-state index contributed by atoms with van der Waals surface area (Å²) in [6.45, 7) is 0. The maximum absolute atomic E-state index is 14.2. The van der Waals surface area contributed by atoms with Crippen LogP contribution < -0.4 is 5.73 Å². The van der Waals surface area contributed by atoms with Crippen molar-refractivity contribution in [3.63, 3.8) is 0 Å². The highest BCUT2D eigenvalue weighted by atomic mass is 19.4. The van der Waals surface area contributed by atoms with Crippen LogP contribution in [0.2, 0.25) is 0 Å². The van der Waals surface area contributed by atoms with Gasteiger partial charge in [-0.1, -0.05) is 6.07 Å². The van der Waals surface area contributed by atoms with Gasteiger partial charge in [-0.2, -0.15) is 17.7 Å². The normalized spacial score (nSPS) is 11.8. The molecule has 6 nitrogen and oxygen atoms in total. The first kappa shape index (κ1) is 23.3. The van der Waals surface area contributed by atoms with Crippen LogP contribution in [0.1, 0.15) is 17.1 Å². The lowest BCUT2D eigenvalue weighted by atomic mass is 10.00. The molecule has 0 aliphatic carbocycles. The lowest BCUT2D eigenvalue weighted by Crippen LogP contribution is -2.09. The number of hydrogen-bond donors (Lipinski definition) is 1. The van der Waals surface area contributed by atoms with E-state index in [4.69, 9.17) is 5.73 Å². The largest absolute Gasteiger partial charge is 0.433 e. The molecule has 5 rings (SSSR count). The average molecular weight is 500 g/mol. The lowest BCUT2D eigenvalue weighted by molar-refractivity contribution is -0.141. The molecule has 3 aromatic heterocycles. The van der Waals surface area contributed by atoms with Crippen molar-refractivity contribution in [2.75, 3.05) is 5.73 Å². The molecule has 3 heterocycles. The predicted molar refractivity (Wildman–Crippen MR) is 118 cm³/mol. The number of hydrogen-bond acceptors (Lipinski definition) is 5. The van der Waals surface area contributed by atoms with Gasteiger partial charge in [-0.15, -0.1) is 5.10 Å². The number of nitrogens with zero attached hydrogens (tertiary/aromatic N) is 5. The molecule has 0 aliphatic heterocycles. The van der Waals surface area contributed by atoms with Gasteiger partial charge >= 0.3 is 6.18 Å². The van der Waals surface area contributed by atoms with Crippen LogP contribution in [-0.2, 0) is 12.6 Å². The number of pyridine rings is 1. The van der Waals surface area contributed by atoms with Gasteiger partial charge in [0.25, 0.3) is 0 Å². The van der Waals surface area contributed by atoms with E-state index >= 15 is 0 Å². The number of alkyl halides is 3. The number of nitrogen functional groups attached to an aromatic ring is 1. The molecule has 0 fully saturated rings. The van der Waals surface area contributed by atoms with Crippen LogP contribution >= 0.6 is 0 Å². The zero-order valence-electron chi connectivity index (χ0n) is 18.1. The van der Waals surface area contributed by atoms with E-state index in [2.05, 4.69) is 20.1 Å². The van der Waals surface area contributed by atoms with Gasteiger partial charge in [0, 0.05) is 23.7 Å². The Hall–Kier alpha value is -4.48. The van der Waals surface area contributed by atoms with Crippen molar-refractivity contribution in [1.29, 1.82) is 0 Å². The van der Waals surface area contributed by atoms with Crippen LogP contribution in [0.3, 0.4) is 0 Å². The molecule has 12 heteroatoms. The Morgan fingerprint density at radius 2 is 1.56 bits per heavy atom. The molecule has 0 saturated heterocycles. The summed E-state index contributed by atoms with van der Waals surface area (Å²) in [6, 6.07) is 10.6. The summed E-state index contributed by atoms with van der Waals surface area (Å²) in [6.07, 6.45) is -4.11. The van der Waals surface area contributed by atoms with Crippen molar-refractivity contribution < 1.29 is 26.3 Å². The SMILES string of the molecule is Nc1nc(-c2ccc(F)cc2)c(-c2ccnc(C(F)(F)F)c2)c2nc(Cc3c(F)cccc3F)nn12. The van der Waals surface area contributed by atoms with E-state index in [9.17, 15) is 26.3 Å². The van der Waals surface area contributed by atoms with Crippen molar-refractivity contribution in [2.24, 2.45) is 0 Å². The fourth-order valence-electron chi connectivity index (χ4n) is 3.76. The standard InChI is InChI=1S/C24H14F6N6/c25-14-6-4-12(5-7-14)21-20(13-8-9-32-18(10-13)24(28,29)30)22-33-19(35-36(22)23(31)34-21)11-15-16(26)2-1-3-17(15)27/h1-10H,11H2,(H2,31,34). The lowest BCUT2D eigenvalue weighted by Gasteiger charge is -2.13. The van der Waals surface area contributed by atoms with Crippen molar-refractivity contribution in [2.45, 2.75) is 12.6 Å². The Balaban J connectivity index is 1.77. The molecule has 182 valence electrons. The number of fused-ring (bicyclic) bond motifs is 1. The predicted octanol–water partition coefficient (Wildman–Crippen LogP) is 5.46. The monoisotopic (exact) mass is 500 g/mol. The van der Waals surface area contributed by atoms with Crippen LogP contribution in [0, 0.1) is 17.5 Å². The smallest absolute Gasteiger partial charge is 0.368 e. The highest BCUT2D eigenvalue weighted by molar-refractivity contribution is 5.90. The van der Waals surface area contributed by atoms with Crippen molar-refractivity contribution in [1.82, 2.24) is 24.6 Å². The highest BCUT2D eigenvalue weighted by Gasteiger charge is 2.33. The summed E-state index contributed by atoms with van der Waals surface area (Å²) in [5.74, 6) is -2.39. The molecule has 0 aliphatic rings. The van der Waals surface area contributed by atoms with Crippen molar-refractivity contribution in [3.8, 4) is 22.4 Å². The van der Waals surface area contributed by atoms with E-state index in [0.29, 0.717) is 5.56 Å². The van der Waals surface area contributed by atoms with Gasteiger partial charge in [0.1, 0.15) is 23.1 Å². The minimum absolute atomic E-state index is 0.00658. The third-order valence-corrected chi connectivity index (χ3v) is 5.41. The maximum Gasteiger partial charge on any atom is 0.433 e. The van der Waals surface area contributed by atoms with Crippen molar-refractivity contribution in [3.05, 3.63) is 95.3 Å². The summed E-state index contributed by atoms with van der Waals surface area (Å²) in [4.78, 5) is 12.0. The number of anilines is 1. The second kappa shape index (κ2) is 8.63. The third-order valence-electron chi connectivity index (χ3n) is 5.41. The van der Waals surface area contributed by atoms with Gasteiger partial charge in [-0.05, 0) is 54.1 Å². The Labute approximate surface area is 199 Å². The molecule has 0 saturated carbocycles. The zero-order valence-corrected chi connectivity index (χ0v) is 18.1. The van der Waals surface area contributed by atoms with E-state index in [1.807, 2.05) is 0 Å². The molecule has 0 atom stereocenters. The molecule has 36 heavy (non-hydrogen) atoms. The third kappa shape index (κ3) is 4.21. The molecular weight excluding hydrogens is 486 g/mol.